The Morgan fingerprint density at radius 3 is 2.71 bits per heavy atom. The van der Waals surface area contributed by atoms with E-state index in [9.17, 15) is 9.59 Å². The van der Waals surface area contributed by atoms with Gasteiger partial charge in [-0.2, -0.15) is 0 Å². The Labute approximate surface area is 141 Å². The van der Waals surface area contributed by atoms with Crippen molar-refractivity contribution in [2.24, 2.45) is 7.05 Å². The average Bonchev–Trinajstić information content (AvgIpc) is 3.14. The SMILES string of the molecule is CCCN1C[C@@H](NC(=O)c2ccc(-c3cncn3C)cc2)CC1=O. The van der Waals surface area contributed by atoms with E-state index in [2.05, 4.69) is 10.3 Å². The summed E-state index contributed by atoms with van der Waals surface area (Å²) in [5.74, 6) is -0.0172. The smallest absolute Gasteiger partial charge is 0.251 e. The van der Waals surface area contributed by atoms with Gasteiger partial charge >= 0.3 is 0 Å². The topological polar surface area (TPSA) is 67.2 Å². The van der Waals surface area contributed by atoms with Crippen LogP contribution < -0.4 is 5.32 Å². The minimum absolute atomic E-state index is 0.103. The fraction of sp³-hybridized carbons (Fsp3) is 0.389. The molecule has 126 valence electrons. The monoisotopic (exact) mass is 326 g/mol. The Bertz CT molecular complexity index is 736. The fourth-order valence-electron chi connectivity index (χ4n) is 3.05. The third kappa shape index (κ3) is 3.32. The summed E-state index contributed by atoms with van der Waals surface area (Å²) in [4.78, 5) is 30.2. The number of aromatic nitrogens is 2. The number of aryl methyl sites for hydroxylation is 1. The van der Waals surface area contributed by atoms with E-state index in [-0.39, 0.29) is 17.9 Å². The van der Waals surface area contributed by atoms with Gasteiger partial charge in [-0.25, -0.2) is 4.98 Å². The molecule has 0 aliphatic carbocycles. The molecule has 2 amide bonds. The van der Waals surface area contributed by atoms with Gasteiger partial charge in [-0.3, -0.25) is 9.59 Å². The third-order valence-electron chi connectivity index (χ3n) is 4.30. The molecule has 1 fully saturated rings. The van der Waals surface area contributed by atoms with E-state index in [0.29, 0.717) is 18.5 Å². The van der Waals surface area contributed by atoms with Gasteiger partial charge in [-0.1, -0.05) is 19.1 Å². The normalized spacial score (nSPS) is 17.3. The van der Waals surface area contributed by atoms with Crippen molar-refractivity contribution in [2.75, 3.05) is 13.1 Å². The Balaban J connectivity index is 1.64. The zero-order valence-corrected chi connectivity index (χ0v) is 14.0. The van der Waals surface area contributed by atoms with Gasteiger partial charge in [0.2, 0.25) is 5.91 Å². The van der Waals surface area contributed by atoms with Crippen molar-refractivity contribution in [3.8, 4) is 11.3 Å². The minimum Gasteiger partial charge on any atom is -0.347 e. The molecule has 6 nitrogen and oxygen atoms in total. The molecule has 0 spiro atoms. The maximum atomic E-state index is 12.4. The summed E-state index contributed by atoms with van der Waals surface area (Å²) in [5, 5.41) is 2.96. The highest BCUT2D eigenvalue weighted by molar-refractivity contribution is 5.95. The zero-order chi connectivity index (χ0) is 17.1. The number of carbonyl (C=O) groups is 2. The lowest BCUT2D eigenvalue weighted by Crippen LogP contribution is -2.37. The van der Waals surface area contributed by atoms with Gasteiger partial charge in [0.1, 0.15) is 0 Å². The van der Waals surface area contributed by atoms with Crippen molar-refractivity contribution in [3.63, 3.8) is 0 Å². The van der Waals surface area contributed by atoms with Gasteiger partial charge in [-0.05, 0) is 24.1 Å². The van der Waals surface area contributed by atoms with Crippen LogP contribution in [0.3, 0.4) is 0 Å². The van der Waals surface area contributed by atoms with E-state index in [1.807, 2.05) is 35.6 Å². The molecular formula is C18H22N4O2. The number of nitrogens with zero attached hydrogens (tertiary/aromatic N) is 3. The molecule has 1 aromatic carbocycles. The summed E-state index contributed by atoms with van der Waals surface area (Å²) in [7, 11) is 1.93. The van der Waals surface area contributed by atoms with E-state index in [4.69, 9.17) is 0 Å². The van der Waals surface area contributed by atoms with Crippen LogP contribution in [-0.4, -0.2) is 45.4 Å². The Morgan fingerprint density at radius 1 is 1.33 bits per heavy atom. The summed E-state index contributed by atoms with van der Waals surface area (Å²) >= 11 is 0. The minimum atomic E-state index is -0.136. The average molecular weight is 326 g/mol. The first kappa shape index (κ1) is 16.2. The lowest BCUT2D eigenvalue weighted by molar-refractivity contribution is -0.127. The second-order valence-electron chi connectivity index (χ2n) is 6.18. The van der Waals surface area contributed by atoms with Crippen molar-refractivity contribution in [1.82, 2.24) is 19.8 Å². The predicted octanol–water partition coefficient (Wildman–Crippen LogP) is 1.83. The molecule has 0 unspecified atom stereocenters. The lowest BCUT2D eigenvalue weighted by Gasteiger charge is -2.16. The van der Waals surface area contributed by atoms with Crippen LogP contribution in [0.5, 0.6) is 0 Å². The molecule has 0 saturated carbocycles. The first-order chi connectivity index (χ1) is 11.6. The maximum Gasteiger partial charge on any atom is 0.251 e. The number of likely N-dealkylation sites (tertiary alicyclic amines) is 1. The van der Waals surface area contributed by atoms with E-state index < -0.39 is 0 Å². The number of amides is 2. The predicted molar refractivity (Wildman–Crippen MR) is 91.4 cm³/mol. The van der Waals surface area contributed by atoms with Crippen LogP contribution >= 0.6 is 0 Å². The molecule has 0 bridgehead atoms. The van der Waals surface area contributed by atoms with Gasteiger partial charge in [0.15, 0.2) is 0 Å². The summed E-state index contributed by atoms with van der Waals surface area (Å²) in [6.45, 7) is 3.40. The van der Waals surface area contributed by atoms with Gasteiger partial charge in [0.05, 0.1) is 24.3 Å². The molecule has 2 aromatic rings. The number of rotatable bonds is 5. The highest BCUT2D eigenvalue weighted by atomic mass is 16.2. The highest BCUT2D eigenvalue weighted by Gasteiger charge is 2.29. The second kappa shape index (κ2) is 6.86. The number of hydrogen-bond donors (Lipinski definition) is 1. The number of nitrogens with one attached hydrogen (secondary N) is 1. The molecule has 2 heterocycles. The standard InChI is InChI=1S/C18H22N4O2/c1-3-8-22-11-15(9-17(22)23)20-18(24)14-6-4-13(5-7-14)16-10-19-12-21(16)2/h4-7,10,12,15H,3,8-9,11H2,1-2H3,(H,20,24)/t15-/m0/s1. The van der Waals surface area contributed by atoms with Crippen LogP contribution in [0.15, 0.2) is 36.8 Å². The van der Waals surface area contributed by atoms with Gasteiger partial charge < -0.3 is 14.8 Å². The van der Waals surface area contributed by atoms with Crippen molar-refractivity contribution in [2.45, 2.75) is 25.8 Å². The van der Waals surface area contributed by atoms with Gasteiger partial charge in [0.25, 0.3) is 5.91 Å². The molecular weight excluding hydrogens is 304 g/mol. The molecule has 3 rings (SSSR count). The molecule has 1 aliphatic rings. The summed E-state index contributed by atoms with van der Waals surface area (Å²) < 4.78 is 1.93. The quantitative estimate of drug-likeness (QED) is 0.911. The summed E-state index contributed by atoms with van der Waals surface area (Å²) in [6.07, 6.45) is 4.86. The van der Waals surface area contributed by atoms with Gasteiger partial charge in [-0.15, -0.1) is 0 Å². The number of benzene rings is 1. The first-order valence-electron chi connectivity index (χ1n) is 8.24. The van der Waals surface area contributed by atoms with Crippen LogP contribution in [-0.2, 0) is 11.8 Å². The molecule has 1 saturated heterocycles. The largest absolute Gasteiger partial charge is 0.347 e. The zero-order valence-electron chi connectivity index (χ0n) is 14.0. The summed E-state index contributed by atoms with van der Waals surface area (Å²) in [6, 6.07) is 7.33. The van der Waals surface area contributed by atoms with Crippen LogP contribution in [0.1, 0.15) is 30.1 Å². The van der Waals surface area contributed by atoms with Crippen molar-refractivity contribution in [3.05, 3.63) is 42.4 Å². The Kier molecular flexibility index (Phi) is 4.64. The summed E-state index contributed by atoms with van der Waals surface area (Å²) in [5.41, 5.74) is 2.61. The van der Waals surface area contributed by atoms with E-state index in [0.717, 1.165) is 24.2 Å². The van der Waals surface area contributed by atoms with Crippen molar-refractivity contribution in [1.29, 1.82) is 0 Å². The Morgan fingerprint density at radius 2 is 2.08 bits per heavy atom. The number of carbonyl (C=O) groups excluding carboxylic acids is 2. The highest BCUT2D eigenvalue weighted by Crippen LogP contribution is 2.19. The number of imidazole rings is 1. The van der Waals surface area contributed by atoms with Crippen LogP contribution in [0, 0.1) is 0 Å². The molecule has 1 aliphatic heterocycles. The van der Waals surface area contributed by atoms with Crippen molar-refractivity contribution < 1.29 is 9.59 Å². The molecule has 24 heavy (non-hydrogen) atoms. The molecule has 6 heteroatoms. The van der Waals surface area contributed by atoms with Gasteiger partial charge in [0, 0.05) is 32.1 Å². The van der Waals surface area contributed by atoms with Crippen molar-refractivity contribution >= 4 is 11.8 Å². The van der Waals surface area contributed by atoms with E-state index in [1.165, 1.54) is 0 Å². The second-order valence-corrected chi connectivity index (χ2v) is 6.18. The van der Waals surface area contributed by atoms with Crippen LogP contribution in [0.4, 0.5) is 0 Å². The lowest BCUT2D eigenvalue weighted by atomic mass is 10.1. The third-order valence-corrected chi connectivity index (χ3v) is 4.30. The Hall–Kier alpha value is -2.63. The van der Waals surface area contributed by atoms with E-state index >= 15 is 0 Å². The fourth-order valence-corrected chi connectivity index (χ4v) is 3.05. The molecule has 1 aromatic heterocycles. The maximum absolute atomic E-state index is 12.4. The van der Waals surface area contributed by atoms with Crippen LogP contribution in [0.2, 0.25) is 0 Å². The molecule has 1 N–H and O–H groups in total. The molecule has 0 radical (unpaired) electrons. The number of hydrogen-bond acceptors (Lipinski definition) is 3. The van der Waals surface area contributed by atoms with E-state index in [1.54, 1.807) is 24.7 Å². The van der Waals surface area contributed by atoms with Crippen LogP contribution in [0.25, 0.3) is 11.3 Å². The first-order valence-corrected chi connectivity index (χ1v) is 8.24. The molecule has 1 atom stereocenters.